The van der Waals surface area contributed by atoms with Gasteiger partial charge in [-0.2, -0.15) is 11.8 Å². The molecule has 1 fully saturated rings. The van der Waals surface area contributed by atoms with Crippen molar-refractivity contribution in [2.24, 2.45) is 0 Å². The molecule has 1 aliphatic rings. The van der Waals surface area contributed by atoms with Crippen LogP contribution in [0.4, 0.5) is 10.1 Å². The molecule has 21 heavy (non-hydrogen) atoms. The molecule has 4 heteroatoms. The van der Waals surface area contributed by atoms with Crippen molar-refractivity contribution in [3.05, 3.63) is 29.6 Å². The van der Waals surface area contributed by atoms with E-state index in [-0.39, 0.29) is 16.1 Å². The molecular formula is C17H27FN2S. The molecule has 0 saturated carbocycles. The van der Waals surface area contributed by atoms with Crippen molar-refractivity contribution in [2.45, 2.75) is 51.4 Å². The Labute approximate surface area is 132 Å². The maximum absolute atomic E-state index is 13.6. The Morgan fingerprint density at radius 3 is 2.67 bits per heavy atom. The summed E-state index contributed by atoms with van der Waals surface area (Å²) in [5.41, 5.74) is 2.25. The maximum Gasteiger partial charge on any atom is 0.123 e. The second-order valence-corrected chi connectivity index (χ2v) is 9.21. The number of nitrogens with zero attached hydrogens (tertiary/aromatic N) is 1. The quantitative estimate of drug-likeness (QED) is 0.907. The van der Waals surface area contributed by atoms with E-state index in [4.69, 9.17) is 0 Å². The number of hydrogen-bond donors (Lipinski definition) is 1. The Bertz CT molecular complexity index is 494. The van der Waals surface area contributed by atoms with Crippen LogP contribution in [-0.2, 0) is 6.54 Å². The van der Waals surface area contributed by atoms with Gasteiger partial charge in [0.1, 0.15) is 5.82 Å². The molecule has 0 aliphatic carbocycles. The van der Waals surface area contributed by atoms with Gasteiger partial charge in [-0.3, -0.25) is 0 Å². The van der Waals surface area contributed by atoms with Gasteiger partial charge in [-0.15, -0.1) is 0 Å². The van der Waals surface area contributed by atoms with E-state index < -0.39 is 0 Å². The minimum absolute atomic E-state index is 0.0284. The van der Waals surface area contributed by atoms with Gasteiger partial charge in [-0.1, -0.05) is 0 Å². The summed E-state index contributed by atoms with van der Waals surface area (Å²) in [6.45, 7) is 13.7. The first-order valence-corrected chi connectivity index (χ1v) is 8.57. The molecule has 0 radical (unpaired) electrons. The van der Waals surface area contributed by atoms with E-state index >= 15 is 0 Å². The number of rotatable bonds is 3. The first-order chi connectivity index (χ1) is 9.66. The van der Waals surface area contributed by atoms with Crippen LogP contribution in [0.1, 0.15) is 40.2 Å². The molecule has 0 spiro atoms. The van der Waals surface area contributed by atoms with Crippen LogP contribution >= 0.6 is 11.8 Å². The van der Waals surface area contributed by atoms with Crippen LogP contribution in [0.15, 0.2) is 18.2 Å². The predicted octanol–water partition coefficient (Wildman–Crippen LogP) is 4.05. The monoisotopic (exact) mass is 310 g/mol. The largest absolute Gasteiger partial charge is 0.369 e. The number of halogens is 1. The summed E-state index contributed by atoms with van der Waals surface area (Å²) in [6, 6.07) is 5.18. The van der Waals surface area contributed by atoms with Crippen LogP contribution in [0.25, 0.3) is 0 Å². The van der Waals surface area contributed by atoms with E-state index in [1.54, 1.807) is 12.1 Å². The van der Waals surface area contributed by atoms with Crippen LogP contribution in [0.3, 0.4) is 0 Å². The molecule has 0 bridgehead atoms. The summed E-state index contributed by atoms with van der Waals surface area (Å²) in [5.74, 6) is 0.964. The zero-order chi connectivity index (χ0) is 15.7. The summed E-state index contributed by atoms with van der Waals surface area (Å²) < 4.78 is 13.9. The highest BCUT2D eigenvalue weighted by atomic mass is 32.2. The molecule has 1 heterocycles. The van der Waals surface area contributed by atoms with Crippen LogP contribution in [0, 0.1) is 5.82 Å². The molecular weight excluding hydrogens is 283 g/mol. The Morgan fingerprint density at radius 2 is 2.05 bits per heavy atom. The molecule has 2 rings (SSSR count). The van der Waals surface area contributed by atoms with Gasteiger partial charge < -0.3 is 10.2 Å². The number of benzene rings is 1. The van der Waals surface area contributed by atoms with Gasteiger partial charge in [0.15, 0.2) is 0 Å². The first-order valence-electron chi connectivity index (χ1n) is 7.59. The van der Waals surface area contributed by atoms with E-state index in [1.807, 2.05) is 17.8 Å². The van der Waals surface area contributed by atoms with Crippen LogP contribution in [-0.4, -0.2) is 29.1 Å². The second-order valence-electron chi connectivity index (χ2n) is 7.41. The third-order valence-corrected chi connectivity index (χ3v) is 4.91. The minimum Gasteiger partial charge on any atom is -0.369 e. The highest BCUT2D eigenvalue weighted by molar-refractivity contribution is 8.00. The molecule has 0 amide bonds. The van der Waals surface area contributed by atoms with Crippen molar-refractivity contribution >= 4 is 17.4 Å². The van der Waals surface area contributed by atoms with Crippen molar-refractivity contribution in [3.8, 4) is 0 Å². The van der Waals surface area contributed by atoms with Crippen molar-refractivity contribution in [2.75, 3.05) is 23.7 Å². The number of anilines is 1. The highest BCUT2D eigenvalue weighted by Gasteiger charge is 2.28. The van der Waals surface area contributed by atoms with Crippen LogP contribution in [0.5, 0.6) is 0 Å². The van der Waals surface area contributed by atoms with Crippen molar-refractivity contribution in [1.29, 1.82) is 0 Å². The Kier molecular flexibility index (Phi) is 4.89. The summed E-state index contributed by atoms with van der Waals surface area (Å²) in [5, 5.41) is 3.47. The van der Waals surface area contributed by atoms with Gasteiger partial charge in [-0.05, 0) is 58.4 Å². The van der Waals surface area contributed by atoms with E-state index in [0.29, 0.717) is 6.54 Å². The molecule has 1 N–H and O–H groups in total. The van der Waals surface area contributed by atoms with Crippen LogP contribution in [0.2, 0.25) is 0 Å². The fraction of sp³-hybridized carbons (Fsp3) is 0.647. The van der Waals surface area contributed by atoms with Crippen molar-refractivity contribution in [3.63, 3.8) is 0 Å². The summed E-state index contributed by atoms with van der Waals surface area (Å²) >= 11 is 2.01. The number of thioether (sulfide) groups is 1. The fourth-order valence-corrected chi connectivity index (χ4v) is 3.70. The lowest BCUT2D eigenvalue weighted by Gasteiger charge is -2.40. The zero-order valence-electron chi connectivity index (χ0n) is 13.8. The zero-order valence-corrected chi connectivity index (χ0v) is 14.6. The Hall–Kier alpha value is -0.740. The lowest BCUT2D eigenvalue weighted by Crippen LogP contribution is -2.44. The molecule has 1 aliphatic heterocycles. The predicted molar refractivity (Wildman–Crippen MR) is 91.7 cm³/mol. The number of hydrogen-bond acceptors (Lipinski definition) is 3. The van der Waals surface area contributed by atoms with Gasteiger partial charge in [0.05, 0.1) is 0 Å². The van der Waals surface area contributed by atoms with Crippen LogP contribution < -0.4 is 10.2 Å². The Balaban J connectivity index is 2.22. The average molecular weight is 310 g/mol. The number of nitrogens with one attached hydrogen (secondary N) is 1. The van der Waals surface area contributed by atoms with Gasteiger partial charge in [-0.25, -0.2) is 4.39 Å². The van der Waals surface area contributed by atoms with Gasteiger partial charge in [0.2, 0.25) is 0 Å². The lowest BCUT2D eigenvalue weighted by atomic mass is 10.1. The molecule has 118 valence electrons. The lowest BCUT2D eigenvalue weighted by molar-refractivity contribution is 0.423. The van der Waals surface area contributed by atoms with E-state index in [0.717, 1.165) is 24.4 Å². The standard InChI is InChI=1S/C17H27FN2S/c1-16(2,3)19-11-13-10-14(18)6-7-15(13)20-8-9-21-17(4,5)12-20/h6-7,10,19H,8-9,11-12H2,1-5H3. The van der Waals surface area contributed by atoms with E-state index in [1.165, 1.54) is 5.69 Å². The molecule has 0 atom stereocenters. The summed E-state index contributed by atoms with van der Waals surface area (Å²) in [6.07, 6.45) is 0. The second kappa shape index (κ2) is 6.17. The molecule has 2 nitrogen and oxygen atoms in total. The summed E-state index contributed by atoms with van der Waals surface area (Å²) in [7, 11) is 0. The van der Waals surface area contributed by atoms with E-state index in [2.05, 4.69) is 44.8 Å². The third-order valence-electron chi connectivity index (χ3n) is 3.62. The smallest absolute Gasteiger partial charge is 0.123 e. The maximum atomic E-state index is 13.6. The van der Waals surface area contributed by atoms with Crippen molar-refractivity contribution in [1.82, 2.24) is 5.32 Å². The molecule has 1 aromatic carbocycles. The normalized spacial score (nSPS) is 18.9. The highest BCUT2D eigenvalue weighted by Crippen LogP contribution is 2.33. The SMILES string of the molecule is CC(C)(C)NCc1cc(F)ccc1N1CCSC(C)(C)C1. The van der Waals surface area contributed by atoms with E-state index in [9.17, 15) is 4.39 Å². The van der Waals surface area contributed by atoms with Gasteiger partial charge >= 0.3 is 0 Å². The molecule has 0 unspecified atom stereocenters. The van der Waals surface area contributed by atoms with Gasteiger partial charge in [0.25, 0.3) is 0 Å². The average Bonchev–Trinajstić information content (AvgIpc) is 2.34. The Morgan fingerprint density at radius 1 is 1.33 bits per heavy atom. The minimum atomic E-state index is -0.157. The molecule has 0 aromatic heterocycles. The first kappa shape index (κ1) is 16.6. The van der Waals surface area contributed by atoms with Crippen molar-refractivity contribution < 1.29 is 4.39 Å². The molecule has 1 aromatic rings. The molecule has 1 saturated heterocycles. The van der Waals surface area contributed by atoms with Gasteiger partial charge in [0, 0.05) is 41.4 Å². The fourth-order valence-electron chi connectivity index (χ4n) is 2.59. The topological polar surface area (TPSA) is 15.3 Å². The third kappa shape index (κ3) is 4.89. The summed E-state index contributed by atoms with van der Waals surface area (Å²) in [4.78, 5) is 2.40.